The minimum atomic E-state index is -0.208. The zero-order chi connectivity index (χ0) is 26.7. The molecule has 6 rings (SSSR count). The van der Waals surface area contributed by atoms with Gasteiger partial charge in [-0.2, -0.15) is 0 Å². The molecule has 5 nitrogen and oxygen atoms in total. The average molecular weight is 490 g/mol. The van der Waals surface area contributed by atoms with Crippen molar-refractivity contribution in [3.05, 3.63) is 118 Å². The van der Waals surface area contributed by atoms with Crippen molar-refractivity contribution in [3.63, 3.8) is 0 Å². The second-order valence-corrected chi connectivity index (χ2v) is 9.58. The molecule has 0 unspecified atom stereocenters. The van der Waals surface area contributed by atoms with Crippen molar-refractivity contribution < 1.29 is 9.59 Å². The highest BCUT2D eigenvalue weighted by atomic mass is 16.2. The smallest absolute Gasteiger partial charge is 0.261 e. The lowest BCUT2D eigenvalue weighted by atomic mass is 10.1. The molecule has 0 atom stereocenters. The highest BCUT2D eigenvalue weighted by molar-refractivity contribution is 6.21. The first kappa shape index (κ1) is 25.7. The Hall–Kier alpha value is -4.38. The molecule has 5 aromatic rings. The molecule has 3 heterocycles. The maximum absolute atomic E-state index is 11.5. The van der Waals surface area contributed by atoms with Gasteiger partial charge < -0.3 is 0 Å². The Balaban J connectivity index is 0.000000130. The van der Waals surface area contributed by atoms with Crippen LogP contribution in [0.4, 0.5) is 0 Å². The third-order valence-electron chi connectivity index (χ3n) is 6.21. The number of imide groups is 1. The monoisotopic (exact) mass is 489 g/mol. The number of carbonyl (C=O) groups is 2. The van der Waals surface area contributed by atoms with Crippen LogP contribution in [0.25, 0.3) is 21.8 Å². The Kier molecular flexibility index (Phi) is 7.44. The molecule has 0 spiro atoms. The van der Waals surface area contributed by atoms with Crippen LogP contribution in [0.15, 0.2) is 79.0 Å². The van der Waals surface area contributed by atoms with Crippen LogP contribution >= 0.6 is 0 Å². The Morgan fingerprint density at radius 3 is 1.95 bits per heavy atom. The van der Waals surface area contributed by atoms with E-state index in [0.717, 1.165) is 27.2 Å². The molecule has 2 amide bonds. The van der Waals surface area contributed by atoms with E-state index < -0.39 is 0 Å². The maximum atomic E-state index is 11.5. The van der Waals surface area contributed by atoms with Gasteiger partial charge in [-0.05, 0) is 88.2 Å². The third-order valence-corrected chi connectivity index (χ3v) is 6.21. The Labute approximate surface area is 217 Å². The van der Waals surface area contributed by atoms with E-state index in [2.05, 4.69) is 79.3 Å². The number of aryl methyl sites for hydroxylation is 5. The SMILES string of the molecule is Cc1ccc2c(c1)C(=O)N(C)C2=O.Cc1ccc2ccc(C)nc2c1.Cc1ccc2ncc(C)cc2c1. The molecule has 3 aromatic carbocycles. The van der Waals surface area contributed by atoms with Crippen LogP contribution < -0.4 is 0 Å². The van der Waals surface area contributed by atoms with Crippen molar-refractivity contribution in [2.45, 2.75) is 34.6 Å². The summed E-state index contributed by atoms with van der Waals surface area (Å²) in [5, 5.41) is 2.45. The number of carbonyl (C=O) groups excluding carboxylic acids is 2. The number of hydrogen-bond donors (Lipinski definition) is 0. The summed E-state index contributed by atoms with van der Waals surface area (Å²) in [4.78, 5) is 32.8. The van der Waals surface area contributed by atoms with E-state index >= 15 is 0 Å². The fourth-order valence-corrected chi connectivity index (χ4v) is 4.17. The maximum Gasteiger partial charge on any atom is 0.261 e. The first-order chi connectivity index (χ1) is 17.6. The van der Waals surface area contributed by atoms with Gasteiger partial charge in [0.1, 0.15) is 0 Å². The number of benzene rings is 3. The molecule has 0 fully saturated rings. The van der Waals surface area contributed by atoms with Gasteiger partial charge in [0.15, 0.2) is 0 Å². The van der Waals surface area contributed by atoms with E-state index in [0.29, 0.717) is 11.1 Å². The standard InChI is InChI=1S/2C11H11N.C10H9NO2/c1-8-3-5-10-6-4-9(2)12-11(10)7-8;1-8-3-4-11-10(5-8)6-9(2)7-12-11;1-6-3-4-7-8(5-6)10(13)11(2)9(7)12/h2*3-7H,1-2H3;3-5H,1-2H3. The van der Waals surface area contributed by atoms with Gasteiger partial charge in [0.05, 0.1) is 22.2 Å². The molecule has 186 valence electrons. The van der Waals surface area contributed by atoms with Crippen molar-refractivity contribution in [2.75, 3.05) is 7.05 Å². The summed E-state index contributed by atoms with van der Waals surface area (Å²) in [5.74, 6) is -0.413. The number of hydrogen-bond acceptors (Lipinski definition) is 4. The van der Waals surface area contributed by atoms with Crippen LogP contribution in [-0.4, -0.2) is 33.7 Å². The fraction of sp³-hybridized carbons (Fsp3) is 0.188. The minimum absolute atomic E-state index is 0.205. The van der Waals surface area contributed by atoms with Crippen molar-refractivity contribution in [2.24, 2.45) is 0 Å². The van der Waals surface area contributed by atoms with E-state index in [-0.39, 0.29) is 11.8 Å². The molecule has 0 saturated carbocycles. The Bertz CT molecular complexity index is 1480. The predicted octanol–water partition coefficient (Wildman–Crippen LogP) is 6.92. The van der Waals surface area contributed by atoms with E-state index in [1.165, 1.54) is 34.5 Å². The van der Waals surface area contributed by atoms with Gasteiger partial charge in [0, 0.05) is 29.7 Å². The van der Waals surface area contributed by atoms with Gasteiger partial charge in [-0.3, -0.25) is 24.5 Å². The molecule has 0 bridgehead atoms. The summed E-state index contributed by atoms with van der Waals surface area (Å²) in [6.07, 6.45) is 1.90. The first-order valence-corrected chi connectivity index (χ1v) is 12.2. The van der Waals surface area contributed by atoms with Gasteiger partial charge in [0.25, 0.3) is 11.8 Å². The third kappa shape index (κ3) is 5.89. The molecular weight excluding hydrogens is 458 g/mol. The Morgan fingerprint density at radius 2 is 1.16 bits per heavy atom. The Morgan fingerprint density at radius 1 is 0.568 bits per heavy atom. The van der Waals surface area contributed by atoms with Crippen LogP contribution in [-0.2, 0) is 0 Å². The molecule has 0 saturated heterocycles. The predicted molar refractivity (Wildman–Crippen MR) is 150 cm³/mol. The number of fused-ring (bicyclic) bond motifs is 3. The molecular formula is C32H31N3O2. The summed E-state index contributed by atoms with van der Waals surface area (Å²) >= 11 is 0. The zero-order valence-corrected chi connectivity index (χ0v) is 22.2. The molecule has 0 N–H and O–H groups in total. The van der Waals surface area contributed by atoms with Gasteiger partial charge in [-0.25, -0.2) is 0 Å². The first-order valence-electron chi connectivity index (χ1n) is 12.2. The van der Waals surface area contributed by atoms with E-state index in [4.69, 9.17) is 0 Å². The summed E-state index contributed by atoms with van der Waals surface area (Å²) < 4.78 is 0. The van der Waals surface area contributed by atoms with Crippen LogP contribution in [0.5, 0.6) is 0 Å². The average Bonchev–Trinajstić information content (AvgIpc) is 3.07. The fourth-order valence-electron chi connectivity index (χ4n) is 4.17. The summed E-state index contributed by atoms with van der Waals surface area (Å²) in [5.41, 5.74) is 9.04. The molecule has 5 heteroatoms. The highest BCUT2D eigenvalue weighted by Crippen LogP contribution is 2.22. The highest BCUT2D eigenvalue weighted by Gasteiger charge is 2.32. The van der Waals surface area contributed by atoms with Gasteiger partial charge in [0.2, 0.25) is 0 Å². The van der Waals surface area contributed by atoms with Crippen LogP contribution in [0.3, 0.4) is 0 Å². The topological polar surface area (TPSA) is 63.2 Å². The molecule has 0 radical (unpaired) electrons. The van der Waals surface area contributed by atoms with Gasteiger partial charge in [-0.15, -0.1) is 0 Å². The lowest BCUT2D eigenvalue weighted by Crippen LogP contribution is -2.24. The number of aromatic nitrogens is 2. The van der Waals surface area contributed by atoms with Crippen molar-refractivity contribution in [1.29, 1.82) is 0 Å². The van der Waals surface area contributed by atoms with Gasteiger partial charge in [-0.1, -0.05) is 41.5 Å². The van der Waals surface area contributed by atoms with Crippen molar-refractivity contribution in [3.8, 4) is 0 Å². The second kappa shape index (κ2) is 10.7. The van der Waals surface area contributed by atoms with Crippen molar-refractivity contribution >= 4 is 33.6 Å². The number of nitrogens with zero attached hydrogens (tertiary/aromatic N) is 3. The van der Waals surface area contributed by atoms with Crippen LogP contribution in [0, 0.1) is 34.6 Å². The van der Waals surface area contributed by atoms with E-state index in [9.17, 15) is 9.59 Å². The zero-order valence-electron chi connectivity index (χ0n) is 22.2. The summed E-state index contributed by atoms with van der Waals surface area (Å²) in [6.45, 7) is 10.2. The minimum Gasteiger partial charge on any atom is -0.277 e. The lowest BCUT2D eigenvalue weighted by molar-refractivity contribution is 0.0693. The van der Waals surface area contributed by atoms with Gasteiger partial charge >= 0.3 is 0 Å². The number of amides is 2. The largest absolute Gasteiger partial charge is 0.277 e. The van der Waals surface area contributed by atoms with E-state index in [1.54, 1.807) is 12.1 Å². The molecule has 0 aliphatic carbocycles. The quantitative estimate of drug-likeness (QED) is 0.221. The van der Waals surface area contributed by atoms with Crippen molar-refractivity contribution in [1.82, 2.24) is 14.9 Å². The molecule has 37 heavy (non-hydrogen) atoms. The van der Waals surface area contributed by atoms with Crippen LogP contribution in [0.1, 0.15) is 48.7 Å². The normalized spacial score (nSPS) is 12.1. The summed E-state index contributed by atoms with van der Waals surface area (Å²) in [6, 6.07) is 24.2. The number of pyridine rings is 2. The molecule has 1 aliphatic heterocycles. The van der Waals surface area contributed by atoms with E-state index in [1.807, 2.05) is 32.2 Å². The molecule has 2 aromatic heterocycles. The lowest BCUT2D eigenvalue weighted by Gasteiger charge is -2.02. The molecule has 1 aliphatic rings. The number of rotatable bonds is 0. The summed E-state index contributed by atoms with van der Waals surface area (Å²) in [7, 11) is 1.50. The second-order valence-electron chi connectivity index (χ2n) is 9.58. The van der Waals surface area contributed by atoms with Crippen LogP contribution in [0.2, 0.25) is 0 Å².